The predicted molar refractivity (Wildman–Crippen MR) is 298 cm³/mol. The lowest BCUT2D eigenvalue weighted by atomic mass is 9.67. The molecule has 336 valence electrons. The van der Waals surface area contributed by atoms with Gasteiger partial charge in [0.05, 0.1) is 11.1 Å². The summed E-state index contributed by atoms with van der Waals surface area (Å²) in [6.45, 7) is 4.72. The molecule has 0 saturated carbocycles. The molecular weight excluding hydrogens is 855 g/mol. The highest BCUT2D eigenvalue weighted by molar-refractivity contribution is 5.98. The Labute approximate surface area is 417 Å². The molecule has 0 amide bonds. The lowest BCUT2D eigenvalue weighted by Gasteiger charge is -2.33. The molecule has 1 heteroatoms. The van der Waals surface area contributed by atoms with Crippen molar-refractivity contribution in [2.24, 2.45) is 0 Å². The molecule has 13 rings (SSSR count). The third-order valence-electron chi connectivity index (χ3n) is 15.4. The molecule has 0 radical (unpaired) electrons. The Kier molecular flexibility index (Phi) is 10.1. The number of fused-ring (bicyclic) bond motifs is 6. The van der Waals surface area contributed by atoms with Crippen molar-refractivity contribution in [2.45, 2.75) is 24.7 Å². The molecule has 0 aromatic heterocycles. The first-order chi connectivity index (χ1) is 35.0. The summed E-state index contributed by atoms with van der Waals surface area (Å²) >= 11 is 0. The number of hydrogen-bond acceptors (Lipinski definition) is 1. The van der Waals surface area contributed by atoms with Crippen LogP contribution in [0, 0.1) is 0 Å². The summed E-state index contributed by atoms with van der Waals surface area (Å²) in [6, 6.07) is 101. The van der Waals surface area contributed by atoms with Crippen LogP contribution in [0.4, 0.5) is 17.1 Å². The minimum absolute atomic E-state index is 0.105. The molecule has 0 unspecified atom stereocenters. The lowest BCUT2D eigenvalue weighted by molar-refractivity contribution is 0.660. The van der Waals surface area contributed by atoms with E-state index in [1.807, 2.05) is 0 Å². The van der Waals surface area contributed by atoms with Crippen LogP contribution < -0.4 is 4.90 Å². The molecular formula is C70H51N. The molecule has 11 aromatic carbocycles. The second-order valence-electron chi connectivity index (χ2n) is 19.6. The van der Waals surface area contributed by atoms with Gasteiger partial charge in [-0.25, -0.2) is 0 Å². The van der Waals surface area contributed by atoms with E-state index < -0.39 is 5.41 Å². The lowest BCUT2D eigenvalue weighted by Crippen LogP contribution is -2.28. The summed E-state index contributed by atoms with van der Waals surface area (Å²) < 4.78 is 0. The van der Waals surface area contributed by atoms with Crippen LogP contribution in [0.2, 0.25) is 0 Å². The monoisotopic (exact) mass is 905 g/mol. The average Bonchev–Trinajstić information content (AvgIpc) is 3.87. The fraction of sp³-hybridized carbons (Fsp3) is 0.0571. The van der Waals surface area contributed by atoms with E-state index in [2.05, 4.69) is 292 Å². The summed E-state index contributed by atoms with van der Waals surface area (Å²) in [5, 5.41) is 0. The molecule has 0 heterocycles. The van der Waals surface area contributed by atoms with Crippen LogP contribution in [0.3, 0.4) is 0 Å². The van der Waals surface area contributed by atoms with Gasteiger partial charge in [0, 0.05) is 22.4 Å². The first kappa shape index (κ1) is 42.3. The Hall–Kier alpha value is -8.78. The summed E-state index contributed by atoms with van der Waals surface area (Å²) in [5.74, 6) is 0. The first-order valence-electron chi connectivity index (χ1n) is 24.8. The minimum atomic E-state index is -0.428. The Morgan fingerprint density at radius 1 is 0.268 bits per heavy atom. The summed E-state index contributed by atoms with van der Waals surface area (Å²) in [7, 11) is 0. The normalized spacial score (nSPS) is 13.4. The van der Waals surface area contributed by atoms with E-state index in [1.165, 1.54) is 100 Å². The molecule has 0 fully saturated rings. The van der Waals surface area contributed by atoms with E-state index >= 15 is 0 Å². The van der Waals surface area contributed by atoms with E-state index in [-0.39, 0.29) is 5.41 Å². The van der Waals surface area contributed by atoms with Crippen molar-refractivity contribution in [1.29, 1.82) is 0 Å². The van der Waals surface area contributed by atoms with Gasteiger partial charge in [0.1, 0.15) is 0 Å². The number of para-hydroxylation sites is 1. The van der Waals surface area contributed by atoms with Gasteiger partial charge in [-0.2, -0.15) is 0 Å². The quantitative estimate of drug-likeness (QED) is 0.139. The smallest absolute Gasteiger partial charge is 0.0713 e. The van der Waals surface area contributed by atoms with Gasteiger partial charge in [0.15, 0.2) is 0 Å². The number of nitrogens with zero attached hydrogens (tertiary/aromatic N) is 1. The Bertz CT molecular complexity index is 3700. The molecule has 2 aliphatic carbocycles. The maximum absolute atomic E-state index is 2.44. The number of hydrogen-bond donors (Lipinski definition) is 0. The van der Waals surface area contributed by atoms with E-state index in [4.69, 9.17) is 0 Å². The number of benzene rings is 11. The molecule has 0 atom stereocenters. The van der Waals surface area contributed by atoms with Crippen LogP contribution in [0.5, 0.6) is 0 Å². The maximum atomic E-state index is 2.44. The van der Waals surface area contributed by atoms with Crippen LogP contribution in [0.15, 0.2) is 273 Å². The first-order valence-corrected chi connectivity index (χ1v) is 24.8. The maximum Gasteiger partial charge on any atom is 0.0713 e. The van der Waals surface area contributed by atoms with E-state index in [9.17, 15) is 0 Å². The van der Waals surface area contributed by atoms with Gasteiger partial charge in [-0.1, -0.05) is 250 Å². The molecule has 0 aliphatic heterocycles. The van der Waals surface area contributed by atoms with Crippen molar-refractivity contribution in [2.75, 3.05) is 4.90 Å². The predicted octanol–water partition coefficient (Wildman–Crippen LogP) is 18.5. The molecule has 1 nitrogen and oxygen atoms in total. The van der Waals surface area contributed by atoms with Gasteiger partial charge < -0.3 is 4.90 Å². The zero-order chi connectivity index (χ0) is 47.5. The molecule has 11 aromatic rings. The highest BCUT2D eigenvalue weighted by atomic mass is 15.1. The zero-order valence-corrected chi connectivity index (χ0v) is 39.9. The van der Waals surface area contributed by atoms with Gasteiger partial charge in [-0.05, 0) is 131 Å². The van der Waals surface area contributed by atoms with E-state index in [0.717, 1.165) is 17.1 Å². The standard InChI is InChI=1S/C70H51N/c1-69(2)63-29-15-13-27-61(63)68-60(28-18-31-66(68)69)59-26-14-17-32-67(59)71(56-42-37-51(38-43-56)50-35-33-49(34-36-50)48-19-6-3-7-20-48)57-44-39-52(40-45-57)53-41-46-65-62(47-53)58-25-12-16-30-64(58)70(65,54-21-8-4-9-22-54)55-23-10-5-11-24-55/h3-47H,1-2H3. The van der Waals surface area contributed by atoms with Crippen molar-refractivity contribution in [3.63, 3.8) is 0 Å². The van der Waals surface area contributed by atoms with E-state index in [1.54, 1.807) is 0 Å². The van der Waals surface area contributed by atoms with Crippen molar-refractivity contribution in [3.8, 4) is 66.8 Å². The number of rotatable bonds is 9. The van der Waals surface area contributed by atoms with Gasteiger partial charge >= 0.3 is 0 Å². The third-order valence-corrected chi connectivity index (χ3v) is 15.4. The average molecular weight is 906 g/mol. The van der Waals surface area contributed by atoms with Crippen molar-refractivity contribution in [1.82, 2.24) is 0 Å². The molecule has 0 N–H and O–H groups in total. The topological polar surface area (TPSA) is 3.24 Å². The zero-order valence-electron chi connectivity index (χ0n) is 39.9. The largest absolute Gasteiger partial charge is 0.310 e. The van der Waals surface area contributed by atoms with Crippen molar-refractivity contribution >= 4 is 17.1 Å². The van der Waals surface area contributed by atoms with Crippen LogP contribution in [-0.4, -0.2) is 0 Å². The van der Waals surface area contributed by atoms with Gasteiger partial charge in [0.25, 0.3) is 0 Å². The van der Waals surface area contributed by atoms with Crippen LogP contribution in [0.25, 0.3) is 66.8 Å². The summed E-state index contributed by atoms with van der Waals surface area (Å²) in [5.41, 5.74) is 25.5. The van der Waals surface area contributed by atoms with Crippen LogP contribution in [-0.2, 0) is 10.8 Å². The molecule has 2 aliphatic rings. The third kappa shape index (κ3) is 6.84. The number of anilines is 3. The highest BCUT2D eigenvalue weighted by Crippen LogP contribution is 2.57. The highest BCUT2D eigenvalue weighted by Gasteiger charge is 2.46. The second kappa shape index (κ2) is 17.0. The Balaban J connectivity index is 0.928. The van der Waals surface area contributed by atoms with Gasteiger partial charge in [-0.15, -0.1) is 0 Å². The van der Waals surface area contributed by atoms with E-state index in [0.29, 0.717) is 0 Å². The summed E-state index contributed by atoms with van der Waals surface area (Å²) in [6.07, 6.45) is 0. The Morgan fingerprint density at radius 2 is 0.676 bits per heavy atom. The van der Waals surface area contributed by atoms with Crippen molar-refractivity contribution in [3.05, 3.63) is 306 Å². The molecule has 71 heavy (non-hydrogen) atoms. The fourth-order valence-corrected chi connectivity index (χ4v) is 12.0. The van der Waals surface area contributed by atoms with Crippen LogP contribution >= 0.6 is 0 Å². The van der Waals surface area contributed by atoms with Crippen molar-refractivity contribution < 1.29 is 0 Å². The van der Waals surface area contributed by atoms with Crippen LogP contribution in [0.1, 0.15) is 47.2 Å². The second-order valence-corrected chi connectivity index (χ2v) is 19.6. The minimum Gasteiger partial charge on any atom is -0.310 e. The molecule has 0 saturated heterocycles. The Morgan fingerprint density at radius 3 is 1.28 bits per heavy atom. The van der Waals surface area contributed by atoms with Gasteiger partial charge in [-0.3, -0.25) is 0 Å². The molecule has 0 bridgehead atoms. The SMILES string of the molecule is CC1(C)c2ccccc2-c2c(-c3ccccc3N(c3ccc(-c4ccc(-c5ccccc5)cc4)cc3)c3ccc(-c4ccc5c(c4)-c4ccccc4C5(c4ccccc4)c4ccccc4)cc3)cccc21. The molecule has 0 spiro atoms. The summed E-state index contributed by atoms with van der Waals surface area (Å²) in [4.78, 5) is 2.44. The fourth-order valence-electron chi connectivity index (χ4n) is 12.0. The van der Waals surface area contributed by atoms with Gasteiger partial charge in [0.2, 0.25) is 0 Å².